The van der Waals surface area contributed by atoms with E-state index in [1.807, 2.05) is 24.3 Å². The van der Waals surface area contributed by atoms with Crippen LogP contribution in [0.5, 0.6) is 11.5 Å². The number of aromatic nitrogens is 2. The summed E-state index contributed by atoms with van der Waals surface area (Å²) in [4.78, 5) is 11.1. The minimum absolute atomic E-state index is 0.0134. The summed E-state index contributed by atoms with van der Waals surface area (Å²) in [5.74, 6) is -0.239. The number of hydrogen-bond acceptors (Lipinski definition) is 4. The summed E-state index contributed by atoms with van der Waals surface area (Å²) < 4.78 is 5.71. The van der Waals surface area contributed by atoms with Gasteiger partial charge in [-0.2, -0.15) is 10.2 Å². The molecule has 0 aliphatic heterocycles. The number of aromatic carboxylic acids is 1. The van der Waals surface area contributed by atoms with Crippen LogP contribution < -0.4 is 4.74 Å². The Morgan fingerprint density at radius 3 is 2.81 bits per heavy atom. The van der Waals surface area contributed by atoms with E-state index in [0.717, 1.165) is 5.39 Å². The van der Waals surface area contributed by atoms with Crippen molar-refractivity contribution in [3.63, 3.8) is 0 Å². The van der Waals surface area contributed by atoms with E-state index in [-0.39, 0.29) is 10.6 Å². The third-order valence-electron chi connectivity index (χ3n) is 2.91. The second kappa shape index (κ2) is 5.38. The summed E-state index contributed by atoms with van der Waals surface area (Å²) in [6.07, 6.45) is 1.48. The third kappa shape index (κ3) is 2.64. The molecular formula is C15H9ClN2O3. The van der Waals surface area contributed by atoms with Gasteiger partial charge in [0, 0.05) is 5.39 Å². The molecule has 1 aromatic heterocycles. The summed E-state index contributed by atoms with van der Waals surface area (Å²) in [6.45, 7) is 0. The van der Waals surface area contributed by atoms with Crippen LogP contribution in [0.1, 0.15) is 10.4 Å². The van der Waals surface area contributed by atoms with Gasteiger partial charge in [-0.1, -0.05) is 23.7 Å². The van der Waals surface area contributed by atoms with Gasteiger partial charge in [0.25, 0.3) is 0 Å². The largest absolute Gasteiger partial charge is 0.478 e. The number of carbonyl (C=O) groups is 1. The van der Waals surface area contributed by atoms with E-state index in [2.05, 4.69) is 10.2 Å². The van der Waals surface area contributed by atoms with E-state index in [4.69, 9.17) is 21.4 Å². The summed E-state index contributed by atoms with van der Waals surface area (Å²) in [5, 5.41) is 17.9. The predicted molar refractivity (Wildman–Crippen MR) is 78.0 cm³/mol. The number of fused-ring (bicyclic) bond motifs is 1. The molecule has 5 nitrogen and oxygen atoms in total. The van der Waals surface area contributed by atoms with Gasteiger partial charge in [-0.15, -0.1) is 0 Å². The predicted octanol–water partition coefficient (Wildman–Crippen LogP) is 3.77. The molecule has 1 heterocycles. The van der Waals surface area contributed by atoms with Crippen LogP contribution in [0.25, 0.3) is 10.9 Å². The van der Waals surface area contributed by atoms with E-state index >= 15 is 0 Å². The minimum atomic E-state index is -1.11. The van der Waals surface area contributed by atoms with Crippen LogP contribution >= 0.6 is 11.6 Å². The zero-order valence-electron chi connectivity index (χ0n) is 10.7. The Kier molecular flexibility index (Phi) is 3.41. The number of nitrogens with zero attached hydrogens (tertiary/aromatic N) is 2. The van der Waals surface area contributed by atoms with Crippen LogP contribution in [0.2, 0.25) is 5.02 Å². The maximum atomic E-state index is 11.1. The highest BCUT2D eigenvalue weighted by Crippen LogP contribution is 2.30. The fourth-order valence-electron chi connectivity index (χ4n) is 1.92. The zero-order valence-corrected chi connectivity index (χ0v) is 11.4. The number of ether oxygens (including phenoxy) is 1. The molecule has 0 fully saturated rings. The summed E-state index contributed by atoms with van der Waals surface area (Å²) in [5.41, 5.74) is 0.683. The Hall–Kier alpha value is -2.66. The molecule has 3 aromatic rings. The second-order valence-corrected chi connectivity index (χ2v) is 4.68. The Labute approximate surface area is 124 Å². The van der Waals surface area contributed by atoms with Gasteiger partial charge in [0.15, 0.2) is 5.75 Å². The molecule has 21 heavy (non-hydrogen) atoms. The molecule has 104 valence electrons. The molecule has 1 N–H and O–H groups in total. The lowest BCUT2D eigenvalue weighted by molar-refractivity contribution is 0.0696. The minimum Gasteiger partial charge on any atom is -0.478 e. The number of rotatable bonds is 3. The van der Waals surface area contributed by atoms with Gasteiger partial charge in [-0.25, -0.2) is 4.79 Å². The van der Waals surface area contributed by atoms with E-state index in [0.29, 0.717) is 17.0 Å². The van der Waals surface area contributed by atoms with Crippen molar-refractivity contribution < 1.29 is 14.6 Å². The summed E-state index contributed by atoms with van der Waals surface area (Å²) in [7, 11) is 0. The molecule has 0 saturated carbocycles. The maximum absolute atomic E-state index is 11.1. The highest BCUT2D eigenvalue weighted by molar-refractivity contribution is 6.33. The van der Waals surface area contributed by atoms with Crippen LogP contribution in [0.4, 0.5) is 0 Å². The van der Waals surface area contributed by atoms with Crippen molar-refractivity contribution in [3.8, 4) is 11.5 Å². The topological polar surface area (TPSA) is 72.3 Å². The highest BCUT2D eigenvalue weighted by Gasteiger charge is 2.11. The first-order valence-corrected chi connectivity index (χ1v) is 6.44. The van der Waals surface area contributed by atoms with Crippen LogP contribution in [0, 0.1) is 0 Å². The molecule has 6 heteroatoms. The fourth-order valence-corrected chi connectivity index (χ4v) is 2.12. The average molecular weight is 301 g/mol. The lowest BCUT2D eigenvalue weighted by Gasteiger charge is -2.09. The zero-order chi connectivity index (χ0) is 14.8. The summed E-state index contributed by atoms with van der Waals surface area (Å²) in [6, 6.07) is 11.8. The van der Waals surface area contributed by atoms with Crippen molar-refractivity contribution in [2.75, 3.05) is 0 Å². The van der Waals surface area contributed by atoms with Gasteiger partial charge >= 0.3 is 5.97 Å². The quantitative estimate of drug-likeness (QED) is 0.797. The Bertz CT molecular complexity index is 831. The number of carboxylic acid groups (broad SMARTS) is 1. The van der Waals surface area contributed by atoms with Crippen LogP contribution in [-0.2, 0) is 0 Å². The van der Waals surface area contributed by atoms with Crippen molar-refractivity contribution in [1.29, 1.82) is 0 Å². The SMILES string of the molecule is O=C(O)c1cc(Oc2cnnc3ccccc23)ccc1Cl. The third-order valence-corrected chi connectivity index (χ3v) is 3.24. The van der Waals surface area contributed by atoms with Crippen LogP contribution in [0.3, 0.4) is 0 Å². The fraction of sp³-hybridized carbons (Fsp3) is 0. The molecule has 0 spiro atoms. The standard InChI is InChI=1S/C15H9ClN2O3/c16-12-6-5-9(7-11(12)15(19)20)21-14-8-17-18-13-4-2-1-3-10(13)14/h1-8H,(H,19,20). The molecule has 0 amide bonds. The average Bonchev–Trinajstić information content (AvgIpc) is 2.49. The molecule has 2 aromatic carbocycles. The van der Waals surface area contributed by atoms with Gasteiger partial charge in [0.05, 0.1) is 22.3 Å². The molecule has 0 unspecified atom stereocenters. The first-order chi connectivity index (χ1) is 10.1. The van der Waals surface area contributed by atoms with Gasteiger partial charge in [-0.05, 0) is 30.3 Å². The maximum Gasteiger partial charge on any atom is 0.337 e. The van der Waals surface area contributed by atoms with Crippen molar-refractivity contribution in [2.24, 2.45) is 0 Å². The molecule has 0 atom stereocenters. The van der Waals surface area contributed by atoms with Crippen molar-refractivity contribution >= 4 is 28.5 Å². The van der Waals surface area contributed by atoms with Crippen LogP contribution in [-0.4, -0.2) is 21.3 Å². The van der Waals surface area contributed by atoms with E-state index in [1.165, 1.54) is 18.3 Å². The molecule has 0 bridgehead atoms. The first-order valence-electron chi connectivity index (χ1n) is 6.06. The van der Waals surface area contributed by atoms with Gasteiger partial charge < -0.3 is 9.84 Å². The van der Waals surface area contributed by atoms with Gasteiger partial charge in [0.2, 0.25) is 0 Å². The van der Waals surface area contributed by atoms with Crippen molar-refractivity contribution in [3.05, 3.63) is 59.2 Å². The molecule has 0 radical (unpaired) electrons. The second-order valence-electron chi connectivity index (χ2n) is 4.27. The summed E-state index contributed by atoms with van der Waals surface area (Å²) >= 11 is 5.83. The monoisotopic (exact) mass is 300 g/mol. The first kappa shape index (κ1) is 13.3. The Morgan fingerprint density at radius 1 is 1.19 bits per heavy atom. The molecular weight excluding hydrogens is 292 g/mol. The molecule has 0 aliphatic carbocycles. The molecule has 3 rings (SSSR count). The van der Waals surface area contributed by atoms with Gasteiger partial charge in [-0.3, -0.25) is 0 Å². The van der Waals surface area contributed by atoms with Crippen molar-refractivity contribution in [1.82, 2.24) is 10.2 Å². The number of halogens is 1. The highest BCUT2D eigenvalue weighted by atomic mass is 35.5. The number of hydrogen-bond donors (Lipinski definition) is 1. The number of benzene rings is 2. The van der Waals surface area contributed by atoms with E-state index < -0.39 is 5.97 Å². The number of carboxylic acids is 1. The molecule has 0 aliphatic rings. The van der Waals surface area contributed by atoms with E-state index in [9.17, 15) is 4.79 Å². The normalized spacial score (nSPS) is 10.5. The van der Waals surface area contributed by atoms with E-state index in [1.54, 1.807) is 6.07 Å². The lowest BCUT2D eigenvalue weighted by atomic mass is 10.2. The molecule has 0 saturated heterocycles. The lowest BCUT2D eigenvalue weighted by Crippen LogP contribution is -1.98. The smallest absolute Gasteiger partial charge is 0.337 e. The Morgan fingerprint density at radius 2 is 2.00 bits per heavy atom. The van der Waals surface area contributed by atoms with Crippen LogP contribution in [0.15, 0.2) is 48.7 Å². The Balaban J connectivity index is 2.03. The van der Waals surface area contributed by atoms with Gasteiger partial charge in [0.1, 0.15) is 5.75 Å². The van der Waals surface area contributed by atoms with Crippen molar-refractivity contribution in [2.45, 2.75) is 0 Å².